The molecule has 2 heteroatoms. The summed E-state index contributed by atoms with van der Waals surface area (Å²) in [6.45, 7) is 7.75. The van der Waals surface area contributed by atoms with Crippen molar-refractivity contribution in [1.29, 1.82) is 0 Å². The van der Waals surface area contributed by atoms with E-state index in [9.17, 15) is 5.11 Å². The molecule has 2 N–H and O–H groups in total. The molecular formula is C14H22O2. The van der Waals surface area contributed by atoms with Gasteiger partial charge in [0.25, 0.3) is 0 Å². The number of hydrogen-bond acceptors (Lipinski definition) is 2. The molecular weight excluding hydrogens is 200 g/mol. The van der Waals surface area contributed by atoms with E-state index in [1.165, 1.54) is 6.08 Å². The Morgan fingerprint density at radius 1 is 1.44 bits per heavy atom. The number of hydrogen-bond donors (Lipinski definition) is 2. The molecule has 2 atom stereocenters. The second-order valence-electron chi connectivity index (χ2n) is 5.50. The van der Waals surface area contributed by atoms with Gasteiger partial charge in [0.2, 0.25) is 0 Å². The maximum absolute atomic E-state index is 10.7. The fourth-order valence-corrected chi connectivity index (χ4v) is 2.46. The van der Waals surface area contributed by atoms with Crippen LogP contribution < -0.4 is 0 Å². The SMILES string of the molecule is C/C(O)=C/C#CC1(O)C(C)CCCC1(C)C. The summed E-state index contributed by atoms with van der Waals surface area (Å²) in [6, 6.07) is 0. The highest BCUT2D eigenvalue weighted by Gasteiger charge is 2.48. The van der Waals surface area contributed by atoms with Crippen molar-refractivity contribution in [2.24, 2.45) is 11.3 Å². The van der Waals surface area contributed by atoms with Crippen molar-refractivity contribution in [2.45, 2.75) is 52.6 Å². The maximum atomic E-state index is 10.7. The fraction of sp³-hybridized carbons (Fsp3) is 0.714. The molecule has 0 heterocycles. The van der Waals surface area contributed by atoms with Gasteiger partial charge < -0.3 is 10.2 Å². The molecule has 0 aromatic carbocycles. The molecule has 1 fully saturated rings. The summed E-state index contributed by atoms with van der Waals surface area (Å²) in [7, 11) is 0. The first kappa shape index (κ1) is 13.1. The molecule has 0 radical (unpaired) electrons. The van der Waals surface area contributed by atoms with Gasteiger partial charge in [-0.25, -0.2) is 0 Å². The Morgan fingerprint density at radius 2 is 2.06 bits per heavy atom. The van der Waals surface area contributed by atoms with Crippen LogP contribution in [0, 0.1) is 23.2 Å². The minimum atomic E-state index is -0.947. The lowest BCUT2D eigenvalue weighted by molar-refractivity contribution is -0.0860. The van der Waals surface area contributed by atoms with Crippen molar-refractivity contribution in [3.8, 4) is 11.8 Å². The first-order valence-electron chi connectivity index (χ1n) is 5.90. The topological polar surface area (TPSA) is 40.5 Å². The van der Waals surface area contributed by atoms with Crippen molar-refractivity contribution >= 4 is 0 Å². The van der Waals surface area contributed by atoms with E-state index < -0.39 is 5.60 Å². The van der Waals surface area contributed by atoms with E-state index in [2.05, 4.69) is 25.7 Å². The second-order valence-corrected chi connectivity index (χ2v) is 5.50. The monoisotopic (exact) mass is 222 g/mol. The fourth-order valence-electron chi connectivity index (χ4n) is 2.46. The summed E-state index contributed by atoms with van der Waals surface area (Å²) in [6.07, 6.45) is 4.59. The van der Waals surface area contributed by atoms with Crippen LogP contribution in [0.3, 0.4) is 0 Å². The number of rotatable bonds is 0. The van der Waals surface area contributed by atoms with Crippen molar-refractivity contribution in [3.05, 3.63) is 11.8 Å². The molecule has 0 bridgehead atoms. The molecule has 0 amide bonds. The van der Waals surface area contributed by atoms with E-state index in [0.29, 0.717) is 0 Å². The Morgan fingerprint density at radius 3 is 2.56 bits per heavy atom. The molecule has 2 nitrogen and oxygen atoms in total. The van der Waals surface area contributed by atoms with Gasteiger partial charge in [-0.2, -0.15) is 0 Å². The van der Waals surface area contributed by atoms with E-state index in [1.54, 1.807) is 6.92 Å². The van der Waals surface area contributed by atoms with Crippen molar-refractivity contribution in [1.82, 2.24) is 0 Å². The van der Waals surface area contributed by atoms with Gasteiger partial charge in [0, 0.05) is 11.5 Å². The molecule has 1 rings (SSSR count). The number of aliphatic hydroxyl groups excluding tert-OH is 1. The standard InChI is InChI=1S/C14H22O2/c1-11-7-5-9-13(3,4)14(11,16)10-6-8-12(2)15/h8,11,15-16H,5,7,9H2,1-4H3/b12-8-. The third-order valence-corrected chi connectivity index (χ3v) is 3.73. The molecule has 0 saturated heterocycles. The van der Waals surface area contributed by atoms with Gasteiger partial charge in [-0.1, -0.05) is 39.0 Å². The van der Waals surface area contributed by atoms with Crippen LogP contribution in [0.15, 0.2) is 11.8 Å². The average molecular weight is 222 g/mol. The minimum Gasteiger partial charge on any atom is -0.512 e. The lowest BCUT2D eigenvalue weighted by Crippen LogP contribution is -2.51. The van der Waals surface area contributed by atoms with Gasteiger partial charge >= 0.3 is 0 Å². The normalized spacial score (nSPS) is 34.1. The van der Waals surface area contributed by atoms with Gasteiger partial charge in [0.1, 0.15) is 5.60 Å². The lowest BCUT2D eigenvalue weighted by atomic mass is 9.61. The Kier molecular flexibility index (Phi) is 3.70. The van der Waals surface area contributed by atoms with Gasteiger partial charge in [-0.3, -0.25) is 0 Å². The highest BCUT2D eigenvalue weighted by Crippen LogP contribution is 2.46. The van der Waals surface area contributed by atoms with Crippen LogP contribution in [-0.2, 0) is 0 Å². The van der Waals surface area contributed by atoms with Crippen molar-refractivity contribution in [2.75, 3.05) is 0 Å². The third kappa shape index (κ3) is 2.41. The average Bonchev–Trinajstić information content (AvgIpc) is 2.14. The molecule has 1 aliphatic carbocycles. The Hall–Kier alpha value is -0.940. The second kappa shape index (κ2) is 4.51. The quantitative estimate of drug-likeness (QED) is 0.488. The molecule has 2 unspecified atom stereocenters. The highest BCUT2D eigenvalue weighted by atomic mass is 16.3. The van der Waals surface area contributed by atoms with E-state index in [-0.39, 0.29) is 17.1 Å². The van der Waals surface area contributed by atoms with Crippen LogP contribution in [0.1, 0.15) is 47.0 Å². The van der Waals surface area contributed by atoms with Crippen LogP contribution in [-0.4, -0.2) is 15.8 Å². The van der Waals surface area contributed by atoms with Gasteiger partial charge in [-0.05, 0) is 25.7 Å². The summed E-state index contributed by atoms with van der Waals surface area (Å²) in [4.78, 5) is 0. The first-order chi connectivity index (χ1) is 7.29. The molecule has 0 aliphatic heterocycles. The third-order valence-electron chi connectivity index (χ3n) is 3.73. The summed E-state index contributed by atoms with van der Waals surface area (Å²) in [5, 5.41) is 19.7. The molecule has 1 saturated carbocycles. The van der Waals surface area contributed by atoms with Crippen LogP contribution in [0.2, 0.25) is 0 Å². The van der Waals surface area contributed by atoms with E-state index in [1.807, 2.05) is 6.92 Å². The zero-order valence-corrected chi connectivity index (χ0v) is 10.7. The summed E-state index contributed by atoms with van der Waals surface area (Å²) >= 11 is 0. The zero-order valence-electron chi connectivity index (χ0n) is 10.7. The van der Waals surface area contributed by atoms with E-state index >= 15 is 0 Å². The summed E-state index contributed by atoms with van der Waals surface area (Å²) in [5.74, 6) is 6.06. The lowest BCUT2D eigenvalue weighted by Gasteiger charge is -2.47. The smallest absolute Gasteiger partial charge is 0.133 e. The summed E-state index contributed by atoms with van der Waals surface area (Å²) in [5.41, 5.74) is -1.13. The van der Waals surface area contributed by atoms with Crippen LogP contribution in [0.4, 0.5) is 0 Å². The molecule has 0 aromatic rings. The Balaban J connectivity index is 3.01. The summed E-state index contributed by atoms with van der Waals surface area (Å²) < 4.78 is 0. The van der Waals surface area contributed by atoms with E-state index in [0.717, 1.165) is 19.3 Å². The largest absolute Gasteiger partial charge is 0.512 e. The zero-order chi connectivity index (χ0) is 12.4. The van der Waals surface area contributed by atoms with Crippen molar-refractivity contribution < 1.29 is 10.2 Å². The molecule has 0 aromatic heterocycles. The number of aliphatic hydroxyl groups is 2. The van der Waals surface area contributed by atoms with E-state index in [4.69, 9.17) is 5.11 Å². The molecule has 1 aliphatic rings. The van der Waals surface area contributed by atoms with Gasteiger partial charge in [0.15, 0.2) is 0 Å². The maximum Gasteiger partial charge on any atom is 0.133 e. The van der Waals surface area contributed by atoms with Crippen LogP contribution in [0.5, 0.6) is 0 Å². The Bertz CT molecular complexity index is 339. The van der Waals surface area contributed by atoms with Gasteiger partial charge in [-0.15, -0.1) is 0 Å². The molecule has 0 spiro atoms. The number of allylic oxidation sites excluding steroid dienone is 2. The first-order valence-corrected chi connectivity index (χ1v) is 5.90. The van der Waals surface area contributed by atoms with Crippen LogP contribution >= 0.6 is 0 Å². The molecule has 90 valence electrons. The minimum absolute atomic E-state index is 0.177. The van der Waals surface area contributed by atoms with Crippen molar-refractivity contribution in [3.63, 3.8) is 0 Å². The Labute approximate surface area is 98.4 Å². The molecule has 16 heavy (non-hydrogen) atoms. The highest BCUT2D eigenvalue weighted by molar-refractivity contribution is 5.27. The van der Waals surface area contributed by atoms with Crippen LogP contribution in [0.25, 0.3) is 0 Å². The predicted molar refractivity (Wildman–Crippen MR) is 65.9 cm³/mol. The van der Waals surface area contributed by atoms with Gasteiger partial charge in [0.05, 0.1) is 5.76 Å². The predicted octanol–water partition coefficient (Wildman–Crippen LogP) is 3.03.